The lowest BCUT2D eigenvalue weighted by atomic mass is 9.92. The first-order valence-corrected chi connectivity index (χ1v) is 17.2. The summed E-state index contributed by atoms with van der Waals surface area (Å²) in [7, 11) is -5.79. The van der Waals surface area contributed by atoms with Crippen molar-refractivity contribution in [3.05, 3.63) is 64.8 Å². The van der Waals surface area contributed by atoms with Gasteiger partial charge in [-0.3, -0.25) is 28.7 Å². The van der Waals surface area contributed by atoms with Crippen LogP contribution >= 0.6 is 18.9 Å². The van der Waals surface area contributed by atoms with Gasteiger partial charge in [0, 0.05) is 67.7 Å². The standard InChI is InChI=1S/C30H32F2N5O7PS/c1-17(38)35-10-8-22-5-6-24(29(41)36-14-20(15-36)18-3-2-9-33-13-18)37(22)28(40)23(16-35)34-27(39)26-12-19-11-21(4-7-25(19)46-26)30(31,32)45(42,43)44/h2-4,7,9,11-13,20,22-24H,5-6,8,10,14-16H2,1H3,(H,34,39)(H2,42,43,44)/t22-,23?,24+/m1/s1. The summed E-state index contributed by atoms with van der Waals surface area (Å²) in [5, 5.41) is 2.87. The molecule has 6 rings (SSSR count). The summed E-state index contributed by atoms with van der Waals surface area (Å²) in [6, 6.07) is 6.00. The van der Waals surface area contributed by atoms with Crippen molar-refractivity contribution in [2.75, 3.05) is 26.2 Å². The van der Waals surface area contributed by atoms with Gasteiger partial charge in [-0.25, -0.2) is 0 Å². The topological polar surface area (TPSA) is 160 Å². The molecule has 0 radical (unpaired) electrons. The Labute approximate surface area is 266 Å². The van der Waals surface area contributed by atoms with Crippen molar-refractivity contribution in [1.82, 2.24) is 25.0 Å². The monoisotopic (exact) mass is 675 g/mol. The third kappa shape index (κ3) is 5.92. The zero-order valence-corrected chi connectivity index (χ0v) is 26.4. The van der Waals surface area contributed by atoms with E-state index in [2.05, 4.69) is 10.3 Å². The summed E-state index contributed by atoms with van der Waals surface area (Å²) >= 11 is 0.954. The quantitative estimate of drug-likeness (QED) is 0.337. The van der Waals surface area contributed by atoms with Crippen molar-refractivity contribution in [3.8, 4) is 0 Å². The largest absolute Gasteiger partial charge is 0.399 e. The first kappa shape index (κ1) is 32.2. The number of halogens is 2. The van der Waals surface area contributed by atoms with Gasteiger partial charge in [0.15, 0.2) is 0 Å². The fourth-order valence-electron chi connectivity index (χ4n) is 6.45. The van der Waals surface area contributed by atoms with E-state index in [0.717, 1.165) is 29.0 Å². The zero-order chi connectivity index (χ0) is 33.0. The first-order valence-electron chi connectivity index (χ1n) is 14.8. The molecule has 3 saturated heterocycles. The van der Waals surface area contributed by atoms with Crippen LogP contribution in [0.1, 0.15) is 52.9 Å². The highest BCUT2D eigenvalue weighted by atomic mass is 32.1. The van der Waals surface area contributed by atoms with Gasteiger partial charge in [0.25, 0.3) is 5.91 Å². The molecule has 244 valence electrons. The van der Waals surface area contributed by atoms with E-state index in [0.29, 0.717) is 43.6 Å². The Morgan fingerprint density at radius 3 is 2.50 bits per heavy atom. The number of likely N-dealkylation sites (tertiary alicyclic amines) is 1. The van der Waals surface area contributed by atoms with Crippen LogP contribution in [0.5, 0.6) is 0 Å². The van der Waals surface area contributed by atoms with Crippen LogP contribution < -0.4 is 5.32 Å². The van der Waals surface area contributed by atoms with Crippen LogP contribution in [0.3, 0.4) is 0 Å². The molecule has 3 N–H and O–H groups in total. The van der Waals surface area contributed by atoms with Gasteiger partial charge in [-0.2, -0.15) is 8.78 Å². The minimum Gasteiger partial charge on any atom is -0.340 e. The second-order valence-electron chi connectivity index (χ2n) is 11.9. The molecule has 46 heavy (non-hydrogen) atoms. The number of amides is 4. The van der Waals surface area contributed by atoms with E-state index in [1.165, 1.54) is 24.0 Å². The summed E-state index contributed by atoms with van der Waals surface area (Å²) in [5.74, 6) is -1.43. The van der Waals surface area contributed by atoms with E-state index in [9.17, 15) is 32.5 Å². The van der Waals surface area contributed by atoms with Crippen molar-refractivity contribution in [1.29, 1.82) is 0 Å². The van der Waals surface area contributed by atoms with E-state index >= 15 is 0 Å². The molecule has 3 fully saturated rings. The number of nitrogens with zero attached hydrogens (tertiary/aromatic N) is 4. The molecule has 0 spiro atoms. The third-order valence-corrected chi connectivity index (χ3v) is 11.1. The van der Waals surface area contributed by atoms with Gasteiger partial charge in [-0.05, 0) is 54.5 Å². The number of alkyl halides is 2. The van der Waals surface area contributed by atoms with Gasteiger partial charge >= 0.3 is 13.3 Å². The predicted molar refractivity (Wildman–Crippen MR) is 163 cm³/mol. The average Bonchev–Trinajstić information content (AvgIpc) is 3.60. The number of nitrogens with one attached hydrogen (secondary N) is 1. The molecule has 3 aliphatic rings. The minimum absolute atomic E-state index is 0.0727. The molecule has 0 aliphatic carbocycles. The number of fused-ring (bicyclic) bond motifs is 2. The second kappa shape index (κ2) is 12.1. The van der Waals surface area contributed by atoms with Crippen molar-refractivity contribution < 1.29 is 42.3 Å². The van der Waals surface area contributed by atoms with Gasteiger partial charge in [0.2, 0.25) is 17.7 Å². The zero-order valence-electron chi connectivity index (χ0n) is 24.7. The van der Waals surface area contributed by atoms with Crippen LogP contribution in [0.4, 0.5) is 8.78 Å². The number of carbonyl (C=O) groups excluding carboxylic acids is 4. The number of thiophene rings is 1. The Balaban J connectivity index is 1.21. The SMILES string of the molecule is CC(=O)N1CC[C@H]2CC[C@@H](C(=O)N3CC(c4cccnc4)C3)N2C(=O)C(NC(=O)c2cc3cc(C(F)(F)P(=O)(O)O)ccc3s2)C1. The van der Waals surface area contributed by atoms with Gasteiger partial charge in [-0.15, -0.1) is 11.3 Å². The summed E-state index contributed by atoms with van der Waals surface area (Å²) < 4.78 is 40.4. The van der Waals surface area contributed by atoms with E-state index in [1.807, 2.05) is 12.1 Å². The Kier molecular flexibility index (Phi) is 8.47. The van der Waals surface area contributed by atoms with Crippen molar-refractivity contribution >= 4 is 52.6 Å². The lowest BCUT2D eigenvalue weighted by Gasteiger charge is -2.43. The maximum Gasteiger partial charge on any atom is 0.399 e. The molecule has 4 amide bonds. The molecule has 12 nitrogen and oxygen atoms in total. The maximum absolute atomic E-state index is 14.3. The maximum atomic E-state index is 14.3. The third-order valence-electron chi connectivity index (χ3n) is 9.03. The fraction of sp³-hybridized carbons (Fsp3) is 0.433. The van der Waals surface area contributed by atoms with Crippen LogP contribution in [0.2, 0.25) is 0 Å². The van der Waals surface area contributed by atoms with Crippen LogP contribution in [0.15, 0.2) is 48.8 Å². The molecule has 1 unspecified atom stereocenters. The summed E-state index contributed by atoms with van der Waals surface area (Å²) in [4.78, 5) is 80.9. The van der Waals surface area contributed by atoms with Crippen molar-refractivity contribution in [2.24, 2.45) is 0 Å². The van der Waals surface area contributed by atoms with Gasteiger partial charge < -0.3 is 29.8 Å². The molecule has 16 heteroatoms. The van der Waals surface area contributed by atoms with E-state index in [4.69, 9.17) is 9.79 Å². The lowest BCUT2D eigenvalue weighted by Crippen LogP contribution is -2.62. The molecule has 5 heterocycles. The molecule has 0 saturated carbocycles. The number of hydrogen-bond acceptors (Lipinski definition) is 7. The number of hydrogen-bond donors (Lipinski definition) is 3. The van der Waals surface area contributed by atoms with Gasteiger partial charge in [-0.1, -0.05) is 12.1 Å². The molecule has 3 aliphatic heterocycles. The number of aromatic nitrogens is 1. The highest BCUT2D eigenvalue weighted by Crippen LogP contribution is 2.59. The predicted octanol–water partition coefficient (Wildman–Crippen LogP) is 2.86. The summed E-state index contributed by atoms with van der Waals surface area (Å²) in [6.45, 7) is 2.63. The lowest BCUT2D eigenvalue weighted by molar-refractivity contribution is -0.151. The second-order valence-corrected chi connectivity index (χ2v) is 14.7. The molecule has 3 atom stereocenters. The summed E-state index contributed by atoms with van der Waals surface area (Å²) in [6.07, 6.45) is 4.99. The van der Waals surface area contributed by atoms with Crippen LogP contribution in [-0.2, 0) is 24.6 Å². The fourth-order valence-corrected chi connectivity index (χ4v) is 7.87. The number of benzene rings is 1. The normalized spacial score (nSPS) is 22.7. The Hall–Kier alpha value is -3.78. The van der Waals surface area contributed by atoms with Crippen LogP contribution in [0, 0.1) is 0 Å². The molecule has 2 aromatic heterocycles. The molecule has 0 bridgehead atoms. The van der Waals surface area contributed by atoms with Crippen molar-refractivity contribution in [3.63, 3.8) is 0 Å². The molecule has 3 aromatic rings. The smallest absolute Gasteiger partial charge is 0.340 e. The van der Waals surface area contributed by atoms with Gasteiger partial charge in [0.05, 0.1) is 4.88 Å². The molecular weight excluding hydrogens is 643 g/mol. The van der Waals surface area contributed by atoms with Crippen molar-refractivity contribution in [2.45, 2.75) is 55.9 Å². The number of carbonyl (C=O) groups is 4. The first-order chi connectivity index (χ1) is 21.7. The highest BCUT2D eigenvalue weighted by Gasteiger charge is 2.51. The number of rotatable bonds is 6. The Morgan fingerprint density at radius 2 is 1.83 bits per heavy atom. The number of pyridine rings is 1. The molecular formula is C30H32F2N5O7PS. The average molecular weight is 676 g/mol. The Bertz CT molecular complexity index is 1750. The Morgan fingerprint density at radius 1 is 1.07 bits per heavy atom. The van der Waals surface area contributed by atoms with Gasteiger partial charge in [0.1, 0.15) is 12.1 Å². The van der Waals surface area contributed by atoms with E-state index in [-0.39, 0.29) is 40.6 Å². The van der Waals surface area contributed by atoms with E-state index in [1.54, 1.807) is 22.2 Å². The highest BCUT2D eigenvalue weighted by molar-refractivity contribution is 7.52. The summed E-state index contributed by atoms with van der Waals surface area (Å²) in [5.41, 5.74) is -4.27. The molecule has 1 aromatic carbocycles. The van der Waals surface area contributed by atoms with E-state index < -0.39 is 42.7 Å². The minimum atomic E-state index is -5.79. The van der Waals surface area contributed by atoms with Crippen LogP contribution in [0.25, 0.3) is 10.1 Å². The van der Waals surface area contributed by atoms with Crippen LogP contribution in [-0.4, -0.2) is 97.4 Å².